The molecule has 32 heavy (non-hydrogen) atoms. The minimum Gasteiger partial charge on any atom is -0.496 e. The van der Waals surface area contributed by atoms with Crippen molar-refractivity contribution in [2.24, 2.45) is 0 Å². The summed E-state index contributed by atoms with van der Waals surface area (Å²) in [6.45, 7) is 0. The summed E-state index contributed by atoms with van der Waals surface area (Å²) in [5, 5.41) is 13.2. The second-order valence-corrected chi connectivity index (χ2v) is 8.14. The first kappa shape index (κ1) is 23.3. The van der Waals surface area contributed by atoms with Crippen LogP contribution in [0.4, 0.5) is 24.0 Å². The van der Waals surface area contributed by atoms with E-state index in [-0.39, 0.29) is 16.6 Å². The lowest BCUT2D eigenvalue weighted by molar-refractivity contribution is -0.274. The molecule has 0 aliphatic rings. The van der Waals surface area contributed by atoms with Crippen molar-refractivity contribution in [3.63, 3.8) is 0 Å². The fourth-order valence-electron chi connectivity index (χ4n) is 2.38. The van der Waals surface area contributed by atoms with Crippen LogP contribution < -0.4 is 20.1 Å². The van der Waals surface area contributed by atoms with Crippen molar-refractivity contribution >= 4 is 45.7 Å². The minimum atomic E-state index is -4.78. The summed E-state index contributed by atoms with van der Waals surface area (Å²) in [5.74, 6) is -0.795. The molecule has 1 aromatic heterocycles. The summed E-state index contributed by atoms with van der Waals surface area (Å²) < 4.78 is 45.9. The van der Waals surface area contributed by atoms with Gasteiger partial charge in [0.25, 0.3) is 5.91 Å². The maximum atomic E-state index is 12.4. The van der Waals surface area contributed by atoms with E-state index >= 15 is 0 Å². The van der Waals surface area contributed by atoms with Gasteiger partial charge < -0.3 is 14.8 Å². The first-order chi connectivity index (χ1) is 15.2. The Labute approximate surface area is 188 Å². The molecule has 0 aliphatic heterocycles. The van der Waals surface area contributed by atoms with Gasteiger partial charge in [0.1, 0.15) is 11.5 Å². The molecule has 2 amide bonds. The maximum Gasteiger partial charge on any atom is 0.573 e. The standard InChI is InChI=1S/C19H15F3N4O4S2/c1-29-14-5-3-2-4-13(14)16(28)24-17-25-26-18(32-17)31-10-15(27)23-11-6-8-12(9-7-11)30-19(20,21)22/h2-9H,10H2,1H3,(H,23,27)(H,24,25,28). The van der Waals surface area contributed by atoms with E-state index in [1.165, 1.54) is 19.2 Å². The average Bonchev–Trinajstić information content (AvgIpc) is 3.20. The van der Waals surface area contributed by atoms with Crippen molar-refractivity contribution < 1.29 is 32.2 Å². The molecule has 0 unspecified atom stereocenters. The van der Waals surface area contributed by atoms with Crippen LogP contribution in [-0.4, -0.2) is 41.2 Å². The van der Waals surface area contributed by atoms with Gasteiger partial charge in [-0.05, 0) is 36.4 Å². The highest BCUT2D eigenvalue weighted by Gasteiger charge is 2.31. The van der Waals surface area contributed by atoms with Crippen molar-refractivity contribution in [1.29, 1.82) is 0 Å². The highest BCUT2D eigenvalue weighted by Crippen LogP contribution is 2.27. The van der Waals surface area contributed by atoms with Gasteiger partial charge in [-0.1, -0.05) is 35.2 Å². The lowest BCUT2D eigenvalue weighted by Crippen LogP contribution is -2.17. The minimum absolute atomic E-state index is 0.0180. The molecular formula is C19H15F3N4O4S2. The first-order valence-electron chi connectivity index (χ1n) is 8.80. The number of benzene rings is 2. The molecule has 3 aromatic rings. The lowest BCUT2D eigenvalue weighted by Gasteiger charge is -2.09. The van der Waals surface area contributed by atoms with Gasteiger partial charge in [-0.3, -0.25) is 14.9 Å². The zero-order chi connectivity index (χ0) is 23.1. The summed E-state index contributed by atoms with van der Waals surface area (Å²) in [5.41, 5.74) is 0.651. The number of rotatable bonds is 8. The van der Waals surface area contributed by atoms with Gasteiger partial charge in [0.2, 0.25) is 11.0 Å². The van der Waals surface area contributed by atoms with Crippen LogP contribution >= 0.6 is 23.1 Å². The van der Waals surface area contributed by atoms with Crippen LogP contribution in [0.15, 0.2) is 52.9 Å². The number of carbonyl (C=O) groups is 2. The molecule has 0 spiro atoms. The normalized spacial score (nSPS) is 11.0. The largest absolute Gasteiger partial charge is 0.573 e. The molecule has 168 valence electrons. The molecule has 3 rings (SSSR count). The second kappa shape index (κ2) is 10.3. The van der Waals surface area contributed by atoms with Crippen molar-refractivity contribution in [3.8, 4) is 11.5 Å². The number of nitrogens with one attached hydrogen (secondary N) is 2. The van der Waals surface area contributed by atoms with Crippen molar-refractivity contribution in [1.82, 2.24) is 10.2 Å². The number of thioether (sulfide) groups is 1. The van der Waals surface area contributed by atoms with Gasteiger partial charge >= 0.3 is 6.36 Å². The summed E-state index contributed by atoms with van der Waals surface area (Å²) >= 11 is 2.18. The topological polar surface area (TPSA) is 102 Å². The summed E-state index contributed by atoms with van der Waals surface area (Å²) in [7, 11) is 1.46. The van der Waals surface area contributed by atoms with E-state index in [1.807, 2.05) is 0 Å². The van der Waals surface area contributed by atoms with Crippen LogP contribution in [0.25, 0.3) is 0 Å². The zero-order valence-corrected chi connectivity index (χ0v) is 17.9. The Morgan fingerprint density at radius 2 is 1.78 bits per heavy atom. The maximum absolute atomic E-state index is 12.4. The fourth-order valence-corrected chi connectivity index (χ4v) is 3.93. The number of nitrogens with zero attached hydrogens (tertiary/aromatic N) is 2. The number of methoxy groups -OCH3 is 1. The monoisotopic (exact) mass is 484 g/mol. The predicted molar refractivity (Wildman–Crippen MR) is 113 cm³/mol. The van der Waals surface area contributed by atoms with E-state index in [4.69, 9.17) is 4.74 Å². The van der Waals surface area contributed by atoms with E-state index in [9.17, 15) is 22.8 Å². The number of halogens is 3. The Kier molecular flexibility index (Phi) is 7.53. The van der Waals surface area contributed by atoms with Gasteiger partial charge in [-0.25, -0.2) is 0 Å². The summed E-state index contributed by atoms with van der Waals surface area (Å²) in [4.78, 5) is 24.4. The first-order valence-corrected chi connectivity index (χ1v) is 10.6. The number of anilines is 2. The fraction of sp³-hybridized carbons (Fsp3) is 0.158. The zero-order valence-electron chi connectivity index (χ0n) is 16.3. The molecule has 8 nitrogen and oxygen atoms in total. The van der Waals surface area contributed by atoms with E-state index in [0.717, 1.165) is 35.2 Å². The van der Waals surface area contributed by atoms with Gasteiger partial charge in [0.15, 0.2) is 4.34 Å². The smallest absolute Gasteiger partial charge is 0.496 e. The number of alkyl halides is 3. The number of hydrogen-bond donors (Lipinski definition) is 2. The SMILES string of the molecule is COc1ccccc1C(=O)Nc1nnc(SCC(=O)Nc2ccc(OC(F)(F)F)cc2)s1. The number of para-hydroxylation sites is 1. The third-order valence-corrected chi connectivity index (χ3v) is 5.65. The Balaban J connectivity index is 1.49. The number of amides is 2. The Morgan fingerprint density at radius 1 is 1.06 bits per heavy atom. The third-order valence-electron chi connectivity index (χ3n) is 3.68. The second-order valence-electron chi connectivity index (χ2n) is 5.94. The number of carbonyl (C=O) groups excluding carboxylic acids is 2. The molecule has 2 aromatic carbocycles. The van der Waals surface area contributed by atoms with Gasteiger partial charge in [-0.15, -0.1) is 23.4 Å². The molecule has 0 saturated heterocycles. The molecule has 0 fully saturated rings. The van der Waals surface area contributed by atoms with Crippen molar-refractivity contribution in [3.05, 3.63) is 54.1 Å². The van der Waals surface area contributed by atoms with Gasteiger partial charge in [0.05, 0.1) is 18.4 Å². The molecule has 2 N–H and O–H groups in total. The van der Waals surface area contributed by atoms with Crippen molar-refractivity contribution in [2.45, 2.75) is 10.7 Å². The van der Waals surface area contributed by atoms with E-state index in [0.29, 0.717) is 21.3 Å². The van der Waals surface area contributed by atoms with Crippen LogP contribution in [-0.2, 0) is 4.79 Å². The van der Waals surface area contributed by atoms with E-state index in [1.54, 1.807) is 24.3 Å². The highest BCUT2D eigenvalue weighted by atomic mass is 32.2. The lowest BCUT2D eigenvalue weighted by atomic mass is 10.2. The van der Waals surface area contributed by atoms with Crippen molar-refractivity contribution in [2.75, 3.05) is 23.5 Å². The van der Waals surface area contributed by atoms with E-state index in [2.05, 4.69) is 25.6 Å². The number of ether oxygens (including phenoxy) is 2. The molecule has 0 aliphatic carbocycles. The van der Waals surface area contributed by atoms with Crippen LogP contribution in [0.2, 0.25) is 0 Å². The van der Waals surface area contributed by atoms with E-state index < -0.39 is 18.2 Å². The van der Waals surface area contributed by atoms with Crippen LogP contribution in [0.1, 0.15) is 10.4 Å². The van der Waals surface area contributed by atoms with Crippen LogP contribution in [0, 0.1) is 0 Å². The summed E-state index contributed by atoms with van der Waals surface area (Å²) in [6, 6.07) is 11.5. The van der Waals surface area contributed by atoms with Crippen LogP contribution in [0.3, 0.4) is 0 Å². The predicted octanol–water partition coefficient (Wildman–Crippen LogP) is 4.43. The third kappa shape index (κ3) is 6.85. The van der Waals surface area contributed by atoms with Gasteiger partial charge in [0, 0.05) is 5.69 Å². The molecular weight excluding hydrogens is 469 g/mol. The quantitative estimate of drug-likeness (QED) is 0.360. The van der Waals surface area contributed by atoms with Gasteiger partial charge in [-0.2, -0.15) is 0 Å². The molecule has 0 bridgehead atoms. The average molecular weight is 484 g/mol. The molecule has 0 saturated carbocycles. The highest BCUT2D eigenvalue weighted by molar-refractivity contribution is 8.01. The Morgan fingerprint density at radius 3 is 2.47 bits per heavy atom. The molecule has 0 atom stereocenters. The summed E-state index contributed by atoms with van der Waals surface area (Å²) in [6.07, 6.45) is -4.78. The number of aromatic nitrogens is 2. The Bertz CT molecular complexity index is 1090. The molecule has 13 heteroatoms. The number of hydrogen-bond acceptors (Lipinski definition) is 8. The Hall–Kier alpha value is -3.32. The molecule has 0 radical (unpaired) electrons. The van der Waals surface area contributed by atoms with Crippen LogP contribution in [0.5, 0.6) is 11.5 Å². The molecule has 1 heterocycles.